The third kappa shape index (κ3) is 4.78. The molecule has 0 heterocycles. The molecule has 0 aliphatic heterocycles. The van der Waals surface area contributed by atoms with Crippen molar-refractivity contribution in [2.24, 2.45) is 17.8 Å². The molecule has 4 atom stereocenters. The summed E-state index contributed by atoms with van der Waals surface area (Å²) in [4.78, 5) is 12.4. The molecule has 4 heteroatoms. The normalized spacial score (nSPS) is 26.4. The molecule has 0 spiro atoms. The third-order valence-electron chi connectivity index (χ3n) is 6.84. The molecular weight excluding hydrogens is 399 g/mol. The lowest BCUT2D eigenvalue weighted by Gasteiger charge is -2.41. The summed E-state index contributed by atoms with van der Waals surface area (Å²) in [5.41, 5.74) is 1.77. The minimum Gasteiger partial charge on any atom is -0.423 e. The van der Waals surface area contributed by atoms with Crippen molar-refractivity contribution in [2.75, 3.05) is 0 Å². The molecule has 0 bridgehead atoms. The van der Waals surface area contributed by atoms with Gasteiger partial charge in [0.1, 0.15) is 11.6 Å². The lowest BCUT2D eigenvalue weighted by Crippen LogP contribution is -2.30. The number of carbonyl (C=O) groups is 1. The van der Waals surface area contributed by atoms with E-state index in [0.717, 1.165) is 23.8 Å². The Morgan fingerprint density at radius 1 is 1.03 bits per heavy atom. The Labute approximate surface area is 183 Å². The van der Waals surface area contributed by atoms with Gasteiger partial charge in [0.25, 0.3) is 0 Å². The average Bonchev–Trinajstić information content (AvgIpc) is 2.76. The van der Waals surface area contributed by atoms with Crippen LogP contribution in [0.1, 0.15) is 67.3 Å². The number of esters is 1. The fourth-order valence-corrected chi connectivity index (χ4v) is 5.39. The van der Waals surface area contributed by atoms with Gasteiger partial charge in [0, 0.05) is 6.07 Å². The average molecular weight is 427 g/mol. The Bertz CT molecular complexity index is 921. The van der Waals surface area contributed by atoms with Crippen LogP contribution in [0.2, 0.25) is 5.02 Å². The highest BCUT2D eigenvalue weighted by atomic mass is 35.5. The summed E-state index contributed by atoms with van der Waals surface area (Å²) >= 11 is 5.67. The lowest BCUT2D eigenvalue weighted by atomic mass is 9.64. The van der Waals surface area contributed by atoms with E-state index in [-0.39, 0.29) is 10.8 Å². The van der Waals surface area contributed by atoms with Gasteiger partial charge in [-0.2, -0.15) is 0 Å². The standard InChI is InChI=1S/C26H28ClFO2/c1-2-3-17-4-5-22-15-21(11-10-20(22)14-17)18-6-8-19(9-7-18)26(29)30-23-12-13-24(27)25(28)16-23/h2-3,6-9,12-13,16-17,20-22H,4-5,10-11,14-15H2,1H3/b3-2+. The Morgan fingerprint density at radius 2 is 1.77 bits per heavy atom. The SMILES string of the molecule is C/C=C/C1CCC2CC(c3ccc(C(=O)Oc4ccc(Cl)c(F)c4)cc3)CCC2C1. The van der Waals surface area contributed by atoms with Gasteiger partial charge in [-0.05, 0) is 98.9 Å². The maximum Gasteiger partial charge on any atom is 0.343 e. The van der Waals surface area contributed by atoms with Crippen LogP contribution in [0.5, 0.6) is 5.75 Å². The molecule has 2 aromatic rings. The number of allylic oxidation sites excluding steroid dienone is 2. The van der Waals surface area contributed by atoms with E-state index >= 15 is 0 Å². The quantitative estimate of drug-likeness (QED) is 0.286. The Balaban J connectivity index is 1.37. The number of benzene rings is 2. The fourth-order valence-electron chi connectivity index (χ4n) is 5.27. The summed E-state index contributed by atoms with van der Waals surface area (Å²) in [7, 11) is 0. The van der Waals surface area contributed by atoms with E-state index in [1.54, 1.807) is 0 Å². The summed E-state index contributed by atoms with van der Waals surface area (Å²) in [6.07, 6.45) is 12.4. The molecule has 2 nitrogen and oxygen atoms in total. The first-order chi connectivity index (χ1) is 14.5. The Kier molecular flexibility index (Phi) is 6.58. The van der Waals surface area contributed by atoms with Crippen LogP contribution < -0.4 is 4.74 Å². The second-order valence-corrected chi connectivity index (χ2v) is 9.12. The first-order valence-electron chi connectivity index (χ1n) is 10.9. The maximum atomic E-state index is 13.5. The molecule has 4 rings (SSSR count). The van der Waals surface area contributed by atoms with E-state index in [9.17, 15) is 9.18 Å². The van der Waals surface area contributed by atoms with Gasteiger partial charge in [-0.1, -0.05) is 35.9 Å². The molecule has 0 aromatic heterocycles. The number of hydrogen-bond acceptors (Lipinski definition) is 2. The van der Waals surface area contributed by atoms with Gasteiger partial charge in [0.05, 0.1) is 10.6 Å². The highest BCUT2D eigenvalue weighted by Gasteiger charge is 2.35. The van der Waals surface area contributed by atoms with Gasteiger partial charge < -0.3 is 4.74 Å². The molecule has 0 radical (unpaired) electrons. The van der Waals surface area contributed by atoms with Gasteiger partial charge in [0.2, 0.25) is 0 Å². The highest BCUT2D eigenvalue weighted by molar-refractivity contribution is 6.30. The highest BCUT2D eigenvalue weighted by Crippen LogP contribution is 2.47. The van der Waals surface area contributed by atoms with Crippen LogP contribution >= 0.6 is 11.6 Å². The first kappa shape index (κ1) is 21.1. The summed E-state index contributed by atoms with van der Waals surface area (Å²) in [5, 5.41) is 0.00388. The summed E-state index contributed by atoms with van der Waals surface area (Å²) < 4.78 is 18.8. The molecule has 4 unspecified atom stereocenters. The number of halogens is 2. The van der Waals surface area contributed by atoms with Crippen molar-refractivity contribution in [3.8, 4) is 5.75 Å². The van der Waals surface area contributed by atoms with E-state index in [1.165, 1.54) is 56.2 Å². The predicted octanol–water partition coefficient (Wildman–Crippen LogP) is 7.57. The van der Waals surface area contributed by atoms with Crippen LogP contribution in [0, 0.1) is 23.6 Å². The van der Waals surface area contributed by atoms with Crippen molar-refractivity contribution in [1.29, 1.82) is 0 Å². The van der Waals surface area contributed by atoms with E-state index in [4.69, 9.17) is 16.3 Å². The van der Waals surface area contributed by atoms with Crippen molar-refractivity contribution in [3.05, 3.63) is 76.6 Å². The smallest absolute Gasteiger partial charge is 0.343 e. The van der Waals surface area contributed by atoms with Gasteiger partial charge in [-0.3, -0.25) is 0 Å². The van der Waals surface area contributed by atoms with Gasteiger partial charge in [-0.25, -0.2) is 9.18 Å². The number of hydrogen-bond donors (Lipinski definition) is 0. The summed E-state index contributed by atoms with van der Waals surface area (Å²) in [6.45, 7) is 2.12. The second kappa shape index (κ2) is 9.34. The van der Waals surface area contributed by atoms with E-state index < -0.39 is 11.8 Å². The minimum atomic E-state index is -0.604. The van der Waals surface area contributed by atoms with Crippen molar-refractivity contribution in [2.45, 2.75) is 51.4 Å². The molecule has 2 aliphatic carbocycles. The maximum absolute atomic E-state index is 13.5. The number of fused-ring (bicyclic) bond motifs is 1. The van der Waals surface area contributed by atoms with E-state index in [1.807, 2.05) is 12.1 Å². The molecule has 2 aliphatic rings. The monoisotopic (exact) mass is 426 g/mol. The number of rotatable bonds is 4. The van der Waals surface area contributed by atoms with Crippen LogP contribution in [0.3, 0.4) is 0 Å². The zero-order valence-corrected chi connectivity index (χ0v) is 18.1. The lowest BCUT2D eigenvalue weighted by molar-refractivity contribution is 0.0734. The molecule has 30 heavy (non-hydrogen) atoms. The molecule has 0 saturated heterocycles. The van der Waals surface area contributed by atoms with Crippen molar-refractivity contribution in [3.63, 3.8) is 0 Å². The van der Waals surface area contributed by atoms with Crippen molar-refractivity contribution >= 4 is 17.6 Å². The Hall–Kier alpha value is -2.13. The van der Waals surface area contributed by atoms with E-state index in [0.29, 0.717) is 11.5 Å². The van der Waals surface area contributed by atoms with Crippen molar-refractivity contribution < 1.29 is 13.9 Å². The Morgan fingerprint density at radius 3 is 2.50 bits per heavy atom. The summed E-state index contributed by atoms with van der Waals surface area (Å²) in [6, 6.07) is 11.7. The fraction of sp³-hybridized carbons (Fsp3) is 0.423. The van der Waals surface area contributed by atoms with Gasteiger partial charge in [0.15, 0.2) is 0 Å². The number of carbonyl (C=O) groups excluding carboxylic acids is 1. The van der Waals surface area contributed by atoms with Gasteiger partial charge >= 0.3 is 5.97 Å². The molecule has 0 N–H and O–H groups in total. The topological polar surface area (TPSA) is 26.3 Å². The molecule has 2 saturated carbocycles. The largest absolute Gasteiger partial charge is 0.423 e. The third-order valence-corrected chi connectivity index (χ3v) is 7.14. The molecule has 2 fully saturated rings. The van der Waals surface area contributed by atoms with E-state index in [2.05, 4.69) is 31.2 Å². The molecule has 0 amide bonds. The zero-order valence-electron chi connectivity index (χ0n) is 17.3. The minimum absolute atomic E-state index is 0.00388. The predicted molar refractivity (Wildman–Crippen MR) is 119 cm³/mol. The first-order valence-corrected chi connectivity index (χ1v) is 11.3. The molecule has 158 valence electrons. The number of ether oxygens (including phenoxy) is 1. The molecular formula is C26H28ClFO2. The van der Waals surface area contributed by atoms with Crippen LogP contribution in [0.25, 0.3) is 0 Å². The van der Waals surface area contributed by atoms with Crippen LogP contribution in [-0.2, 0) is 0 Å². The van der Waals surface area contributed by atoms with Crippen LogP contribution in [-0.4, -0.2) is 5.97 Å². The molecule has 2 aromatic carbocycles. The van der Waals surface area contributed by atoms with Crippen LogP contribution in [0.4, 0.5) is 4.39 Å². The second-order valence-electron chi connectivity index (χ2n) is 8.72. The summed E-state index contributed by atoms with van der Waals surface area (Å²) in [5.74, 6) is 2.09. The van der Waals surface area contributed by atoms with Crippen molar-refractivity contribution in [1.82, 2.24) is 0 Å². The zero-order chi connectivity index (χ0) is 21.1. The van der Waals surface area contributed by atoms with Crippen LogP contribution in [0.15, 0.2) is 54.6 Å². The van der Waals surface area contributed by atoms with Gasteiger partial charge in [-0.15, -0.1) is 0 Å².